The van der Waals surface area contributed by atoms with Gasteiger partial charge in [0.2, 0.25) is 0 Å². The Morgan fingerprint density at radius 2 is 2.18 bits per heavy atom. The van der Waals surface area contributed by atoms with Gasteiger partial charge in [0.25, 0.3) is 0 Å². The Balaban J connectivity index is 2.03. The van der Waals surface area contributed by atoms with Gasteiger partial charge in [-0.15, -0.1) is 0 Å². The van der Waals surface area contributed by atoms with Crippen molar-refractivity contribution in [1.82, 2.24) is 9.97 Å². The van der Waals surface area contributed by atoms with E-state index in [0.717, 1.165) is 29.8 Å². The first-order valence-electron chi connectivity index (χ1n) is 5.85. The van der Waals surface area contributed by atoms with Crippen LogP contribution < -0.4 is 4.90 Å². The van der Waals surface area contributed by atoms with Crippen LogP contribution in [0.2, 0.25) is 0 Å². The van der Waals surface area contributed by atoms with E-state index in [-0.39, 0.29) is 6.61 Å². The molecule has 1 N–H and O–H groups in total. The zero-order valence-electron chi connectivity index (χ0n) is 9.80. The number of aliphatic hydroxyl groups is 1. The number of aliphatic hydroxyl groups excluding tert-OH is 1. The molecule has 0 atom stereocenters. The normalized spacial score (nSPS) is 16.2. The summed E-state index contributed by atoms with van der Waals surface area (Å²) in [5.41, 5.74) is 2.19. The van der Waals surface area contributed by atoms with Crippen LogP contribution in [0.5, 0.6) is 0 Å². The van der Waals surface area contributed by atoms with Crippen LogP contribution in [0.4, 0.5) is 5.82 Å². The Morgan fingerprint density at radius 3 is 2.94 bits per heavy atom. The van der Waals surface area contributed by atoms with E-state index in [2.05, 4.69) is 33.9 Å². The molecular formula is C13H15N3O. The second-order valence-corrected chi connectivity index (χ2v) is 4.62. The van der Waals surface area contributed by atoms with Gasteiger partial charge in [0.05, 0.1) is 5.52 Å². The van der Waals surface area contributed by atoms with Gasteiger partial charge in [-0.05, 0) is 18.6 Å². The molecule has 2 heterocycles. The number of aromatic nitrogens is 2. The van der Waals surface area contributed by atoms with Gasteiger partial charge in [-0.25, -0.2) is 9.97 Å². The average Bonchev–Trinajstić information content (AvgIpc) is 2.29. The lowest BCUT2D eigenvalue weighted by molar-refractivity contribution is 0.200. The number of rotatable bonds is 2. The largest absolute Gasteiger partial charge is 0.396 e. The monoisotopic (exact) mass is 229 g/mol. The number of hydrogen-bond acceptors (Lipinski definition) is 4. The highest BCUT2D eigenvalue weighted by molar-refractivity contribution is 5.91. The summed E-state index contributed by atoms with van der Waals surface area (Å²) in [4.78, 5) is 10.9. The number of benzene rings is 1. The fourth-order valence-electron chi connectivity index (χ4n) is 2.33. The minimum Gasteiger partial charge on any atom is -0.396 e. The van der Waals surface area contributed by atoms with Crippen molar-refractivity contribution in [3.05, 3.63) is 30.1 Å². The highest BCUT2D eigenvalue weighted by atomic mass is 16.3. The summed E-state index contributed by atoms with van der Waals surface area (Å²) in [5.74, 6) is 1.38. The van der Waals surface area contributed by atoms with Crippen LogP contribution in [-0.2, 0) is 0 Å². The van der Waals surface area contributed by atoms with E-state index in [4.69, 9.17) is 5.11 Å². The molecule has 0 spiro atoms. The Bertz CT molecular complexity index is 549. The summed E-state index contributed by atoms with van der Waals surface area (Å²) < 4.78 is 0. The lowest BCUT2D eigenvalue weighted by atomic mass is 10.0. The van der Waals surface area contributed by atoms with Crippen molar-refractivity contribution < 1.29 is 5.11 Å². The molecule has 4 heteroatoms. The summed E-state index contributed by atoms with van der Waals surface area (Å²) in [6.07, 6.45) is 1.62. The molecule has 4 nitrogen and oxygen atoms in total. The molecule has 0 amide bonds. The first-order chi connectivity index (χ1) is 8.29. The topological polar surface area (TPSA) is 49.2 Å². The number of aryl methyl sites for hydroxylation is 1. The Kier molecular flexibility index (Phi) is 2.44. The second kappa shape index (κ2) is 3.96. The van der Waals surface area contributed by atoms with E-state index < -0.39 is 0 Å². The van der Waals surface area contributed by atoms with Crippen LogP contribution in [0.15, 0.2) is 24.5 Å². The number of para-hydroxylation sites is 1. The summed E-state index contributed by atoms with van der Waals surface area (Å²) in [6.45, 7) is 4.09. The third-order valence-corrected chi connectivity index (χ3v) is 3.36. The predicted molar refractivity (Wildman–Crippen MR) is 67.1 cm³/mol. The van der Waals surface area contributed by atoms with Gasteiger partial charge in [0, 0.05) is 31.0 Å². The lowest BCUT2D eigenvalue weighted by Crippen LogP contribution is -2.48. The highest BCUT2D eigenvalue weighted by Crippen LogP contribution is 2.29. The Hall–Kier alpha value is -1.68. The van der Waals surface area contributed by atoms with Crippen LogP contribution in [0, 0.1) is 12.8 Å². The van der Waals surface area contributed by atoms with E-state index in [1.54, 1.807) is 6.33 Å². The summed E-state index contributed by atoms with van der Waals surface area (Å²) in [6, 6.07) is 6.16. The summed E-state index contributed by atoms with van der Waals surface area (Å²) >= 11 is 0. The average molecular weight is 229 g/mol. The van der Waals surface area contributed by atoms with Crippen LogP contribution >= 0.6 is 0 Å². The standard InChI is InChI=1S/C13H15N3O/c1-9-3-2-4-11-12(9)14-8-15-13(11)16-5-10(6-16)7-17/h2-4,8,10,17H,5-7H2,1H3. The summed E-state index contributed by atoms with van der Waals surface area (Å²) in [5, 5.41) is 10.1. The van der Waals surface area contributed by atoms with E-state index in [1.165, 1.54) is 5.56 Å². The van der Waals surface area contributed by atoms with Crippen molar-refractivity contribution in [3.8, 4) is 0 Å². The maximum atomic E-state index is 9.05. The molecule has 1 aliphatic heterocycles. The highest BCUT2D eigenvalue weighted by Gasteiger charge is 2.28. The van der Waals surface area contributed by atoms with E-state index in [9.17, 15) is 0 Å². The Morgan fingerprint density at radius 1 is 1.35 bits per heavy atom. The third-order valence-electron chi connectivity index (χ3n) is 3.36. The molecule has 0 saturated carbocycles. The van der Waals surface area contributed by atoms with Gasteiger partial charge in [-0.3, -0.25) is 0 Å². The molecule has 2 aromatic rings. The van der Waals surface area contributed by atoms with Gasteiger partial charge in [-0.1, -0.05) is 12.1 Å². The molecule has 0 unspecified atom stereocenters. The van der Waals surface area contributed by atoms with Crippen LogP contribution in [0.25, 0.3) is 10.9 Å². The lowest BCUT2D eigenvalue weighted by Gasteiger charge is -2.39. The first kappa shape index (κ1) is 10.5. The molecule has 1 aliphatic rings. The minimum absolute atomic E-state index is 0.262. The fraction of sp³-hybridized carbons (Fsp3) is 0.385. The first-order valence-corrected chi connectivity index (χ1v) is 5.85. The maximum absolute atomic E-state index is 9.05. The van der Waals surface area contributed by atoms with Crippen molar-refractivity contribution in [2.24, 2.45) is 5.92 Å². The molecule has 88 valence electrons. The number of anilines is 1. The molecule has 17 heavy (non-hydrogen) atoms. The van der Waals surface area contributed by atoms with E-state index >= 15 is 0 Å². The molecule has 1 fully saturated rings. The number of hydrogen-bond donors (Lipinski definition) is 1. The van der Waals surface area contributed by atoms with Gasteiger partial charge in [0.1, 0.15) is 12.1 Å². The van der Waals surface area contributed by atoms with Gasteiger partial charge >= 0.3 is 0 Å². The van der Waals surface area contributed by atoms with Gasteiger partial charge in [-0.2, -0.15) is 0 Å². The molecule has 1 saturated heterocycles. The van der Waals surface area contributed by atoms with E-state index in [0.29, 0.717) is 5.92 Å². The number of fused-ring (bicyclic) bond motifs is 1. The van der Waals surface area contributed by atoms with Crippen molar-refractivity contribution in [2.75, 3.05) is 24.6 Å². The summed E-state index contributed by atoms with van der Waals surface area (Å²) in [7, 11) is 0. The molecule has 0 radical (unpaired) electrons. The van der Waals surface area contributed by atoms with Crippen molar-refractivity contribution >= 4 is 16.7 Å². The van der Waals surface area contributed by atoms with Crippen molar-refractivity contribution in [1.29, 1.82) is 0 Å². The zero-order chi connectivity index (χ0) is 11.8. The molecule has 1 aromatic carbocycles. The second-order valence-electron chi connectivity index (χ2n) is 4.62. The zero-order valence-corrected chi connectivity index (χ0v) is 9.80. The third kappa shape index (κ3) is 1.65. The molecule has 0 aliphatic carbocycles. The van der Waals surface area contributed by atoms with Gasteiger partial charge < -0.3 is 10.0 Å². The molecule has 0 bridgehead atoms. The quantitative estimate of drug-likeness (QED) is 0.845. The molecule has 1 aromatic heterocycles. The van der Waals surface area contributed by atoms with E-state index in [1.807, 2.05) is 6.07 Å². The van der Waals surface area contributed by atoms with Crippen molar-refractivity contribution in [3.63, 3.8) is 0 Å². The number of nitrogens with zero attached hydrogens (tertiary/aromatic N) is 3. The SMILES string of the molecule is Cc1cccc2c(N3CC(CO)C3)ncnc12. The van der Waals surface area contributed by atoms with Crippen LogP contribution in [0.1, 0.15) is 5.56 Å². The minimum atomic E-state index is 0.262. The molecular weight excluding hydrogens is 214 g/mol. The van der Waals surface area contributed by atoms with Crippen LogP contribution in [-0.4, -0.2) is 34.8 Å². The van der Waals surface area contributed by atoms with Crippen LogP contribution in [0.3, 0.4) is 0 Å². The molecule has 3 rings (SSSR count). The fourth-order valence-corrected chi connectivity index (χ4v) is 2.33. The van der Waals surface area contributed by atoms with Gasteiger partial charge in [0.15, 0.2) is 0 Å². The smallest absolute Gasteiger partial charge is 0.139 e. The predicted octanol–water partition coefficient (Wildman–Crippen LogP) is 1.37. The van der Waals surface area contributed by atoms with Crippen molar-refractivity contribution in [2.45, 2.75) is 6.92 Å². The Labute approximate surface area is 99.9 Å². The maximum Gasteiger partial charge on any atom is 0.139 e.